The quantitative estimate of drug-likeness (QED) is 0.711. The van der Waals surface area contributed by atoms with Crippen LogP contribution in [-0.4, -0.2) is 9.97 Å². The van der Waals surface area contributed by atoms with E-state index in [1.54, 1.807) is 0 Å². The summed E-state index contributed by atoms with van der Waals surface area (Å²) in [6.45, 7) is 12.7. The molecule has 0 aliphatic heterocycles. The average Bonchev–Trinajstić information content (AvgIpc) is 1.99. The van der Waals surface area contributed by atoms with Gasteiger partial charge >= 0.3 is 0 Å². The Morgan fingerprint density at radius 2 is 1.47 bits per heavy atom. The zero-order valence-corrected chi connectivity index (χ0v) is 10.5. The van der Waals surface area contributed by atoms with Crippen molar-refractivity contribution in [3.8, 4) is 0 Å². The van der Waals surface area contributed by atoms with Crippen LogP contribution in [0.15, 0.2) is 6.07 Å². The molecule has 1 aromatic rings. The Hall–Kier alpha value is -1.12. The maximum Gasteiger partial charge on any atom is 0.136 e. The van der Waals surface area contributed by atoms with Gasteiger partial charge < -0.3 is 5.73 Å². The van der Waals surface area contributed by atoms with Crippen LogP contribution in [0.2, 0.25) is 0 Å². The molecule has 3 heteroatoms. The highest BCUT2D eigenvalue weighted by Crippen LogP contribution is 2.25. The molecule has 0 saturated heterocycles. The molecule has 3 nitrogen and oxygen atoms in total. The molecular formula is C12H21N3. The number of rotatable bonds is 0. The molecule has 0 radical (unpaired) electrons. The van der Waals surface area contributed by atoms with Gasteiger partial charge in [-0.3, -0.25) is 0 Å². The molecule has 0 amide bonds. The lowest BCUT2D eigenvalue weighted by molar-refractivity contribution is 0.515. The molecule has 0 aliphatic carbocycles. The first-order valence-electron chi connectivity index (χ1n) is 5.26. The summed E-state index contributed by atoms with van der Waals surface area (Å²) in [6, 6.07) is 1.86. The first-order chi connectivity index (χ1) is 6.60. The molecule has 1 heterocycles. The van der Waals surface area contributed by atoms with Crippen molar-refractivity contribution in [3.05, 3.63) is 17.6 Å². The molecule has 0 unspecified atom stereocenters. The van der Waals surface area contributed by atoms with E-state index in [4.69, 9.17) is 5.73 Å². The maximum atomic E-state index is 5.80. The molecule has 15 heavy (non-hydrogen) atoms. The van der Waals surface area contributed by atoms with Crippen LogP contribution < -0.4 is 5.73 Å². The first kappa shape index (κ1) is 12.0. The highest BCUT2D eigenvalue weighted by molar-refractivity contribution is 5.33. The van der Waals surface area contributed by atoms with Gasteiger partial charge in [-0.15, -0.1) is 0 Å². The van der Waals surface area contributed by atoms with Crippen molar-refractivity contribution in [2.75, 3.05) is 5.73 Å². The molecule has 84 valence electrons. The predicted molar refractivity (Wildman–Crippen MR) is 63.8 cm³/mol. The lowest BCUT2D eigenvalue weighted by atomic mass is 9.90. The fraction of sp³-hybridized carbons (Fsp3) is 0.667. The Morgan fingerprint density at radius 3 is 1.87 bits per heavy atom. The van der Waals surface area contributed by atoms with E-state index >= 15 is 0 Å². The number of hydrogen-bond donors (Lipinski definition) is 1. The van der Waals surface area contributed by atoms with Gasteiger partial charge in [-0.25, -0.2) is 9.97 Å². The van der Waals surface area contributed by atoms with Crippen molar-refractivity contribution in [2.24, 2.45) is 0 Å². The molecule has 0 aromatic carbocycles. The van der Waals surface area contributed by atoms with Crippen LogP contribution in [-0.2, 0) is 10.8 Å². The summed E-state index contributed by atoms with van der Waals surface area (Å²) in [6.07, 6.45) is 0. The minimum atomic E-state index is -0.0601. The minimum Gasteiger partial charge on any atom is -0.384 e. The van der Waals surface area contributed by atoms with E-state index in [0.717, 1.165) is 11.5 Å². The van der Waals surface area contributed by atoms with Crippen molar-refractivity contribution >= 4 is 5.82 Å². The second-order valence-corrected chi connectivity index (χ2v) is 6.00. The Morgan fingerprint density at radius 1 is 0.933 bits per heavy atom. The topological polar surface area (TPSA) is 51.8 Å². The molecule has 0 bridgehead atoms. The Balaban J connectivity index is 3.30. The highest BCUT2D eigenvalue weighted by Gasteiger charge is 2.22. The second kappa shape index (κ2) is 3.47. The van der Waals surface area contributed by atoms with Gasteiger partial charge in [-0.1, -0.05) is 41.5 Å². The van der Waals surface area contributed by atoms with Crippen molar-refractivity contribution in [3.63, 3.8) is 0 Å². The molecule has 0 spiro atoms. The van der Waals surface area contributed by atoms with E-state index in [2.05, 4.69) is 51.5 Å². The van der Waals surface area contributed by atoms with Crippen LogP contribution in [0.1, 0.15) is 53.1 Å². The second-order valence-electron chi connectivity index (χ2n) is 6.00. The summed E-state index contributed by atoms with van der Waals surface area (Å²) in [5.41, 5.74) is 6.75. The van der Waals surface area contributed by atoms with Crippen molar-refractivity contribution < 1.29 is 0 Å². The number of aromatic nitrogens is 2. The summed E-state index contributed by atoms with van der Waals surface area (Å²) >= 11 is 0. The minimum absolute atomic E-state index is 0.0110. The molecule has 0 atom stereocenters. The van der Waals surface area contributed by atoms with Gasteiger partial charge in [0, 0.05) is 16.9 Å². The van der Waals surface area contributed by atoms with E-state index in [1.807, 2.05) is 6.07 Å². The van der Waals surface area contributed by atoms with Gasteiger partial charge in [-0.05, 0) is 0 Å². The van der Waals surface area contributed by atoms with E-state index < -0.39 is 0 Å². The molecular weight excluding hydrogens is 186 g/mol. The van der Waals surface area contributed by atoms with E-state index in [-0.39, 0.29) is 10.8 Å². The number of nitrogens with zero attached hydrogens (tertiary/aromatic N) is 2. The SMILES string of the molecule is CC(C)(C)c1cc(N)nc(C(C)(C)C)n1. The maximum absolute atomic E-state index is 5.80. The Labute approximate surface area is 92.1 Å². The summed E-state index contributed by atoms with van der Waals surface area (Å²) in [5, 5.41) is 0. The van der Waals surface area contributed by atoms with Gasteiger partial charge in [0.05, 0.1) is 5.69 Å². The third-order valence-electron chi connectivity index (χ3n) is 2.19. The number of nitrogen functional groups attached to an aromatic ring is 1. The standard InChI is InChI=1S/C12H21N3/c1-11(2,3)8-7-9(13)15-10(14-8)12(4,5)6/h7H,1-6H3,(H2,13,14,15). The molecule has 0 aliphatic rings. The number of hydrogen-bond acceptors (Lipinski definition) is 3. The number of anilines is 1. The van der Waals surface area contributed by atoms with Crippen LogP contribution in [0.5, 0.6) is 0 Å². The molecule has 1 aromatic heterocycles. The first-order valence-corrected chi connectivity index (χ1v) is 5.26. The van der Waals surface area contributed by atoms with Gasteiger partial charge in [0.15, 0.2) is 0 Å². The van der Waals surface area contributed by atoms with Gasteiger partial charge in [-0.2, -0.15) is 0 Å². The third-order valence-corrected chi connectivity index (χ3v) is 2.19. The van der Waals surface area contributed by atoms with E-state index in [9.17, 15) is 0 Å². The van der Waals surface area contributed by atoms with Crippen molar-refractivity contribution in [1.82, 2.24) is 9.97 Å². The molecule has 2 N–H and O–H groups in total. The van der Waals surface area contributed by atoms with Crippen molar-refractivity contribution in [1.29, 1.82) is 0 Å². The summed E-state index contributed by atoms with van der Waals surface area (Å²) in [4.78, 5) is 8.87. The summed E-state index contributed by atoms with van der Waals surface area (Å²) < 4.78 is 0. The summed E-state index contributed by atoms with van der Waals surface area (Å²) in [7, 11) is 0. The monoisotopic (exact) mass is 207 g/mol. The Bertz CT molecular complexity index is 324. The van der Waals surface area contributed by atoms with Crippen LogP contribution in [0.3, 0.4) is 0 Å². The van der Waals surface area contributed by atoms with Gasteiger partial charge in [0.2, 0.25) is 0 Å². The lowest BCUT2D eigenvalue weighted by Gasteiger charge is -2.22. The molecule has 0 fully saturated rings. The van der Waals surface area contributed by atoms with Gasteiger partial charge in [0.25, 0.3) is 0 Å². The number of nitrogens with two attached hydrogens (primary N) is 1. The molecule has 1 rings (SSSR count). The Kier molecular flexibility index (Phi) is 2.77. The summed E-state index contributed by atoms with van der Waals surface area (Å²) in [5.74, 6) is 1.37. The third kappa shape index (κ3) is 2.91. The van der Waals surface area contributed by atoms with Crippen molar-refractivity contribution in [2.45, 2.75) is 52.4 Å². The fourth-order valence-electron chi connectivity index (χ4n) is 1.19. The highest BCUT2D eigenvalue weighted by atomic mass is 15.0. The van der Waals surface area contributed by atoms with Crippen LogP contribution in [0, 0.1) is 0 Å². The average molecular weight is 207 g/mol. The largest absolute Gasteiger partial charge is 0.384 e. The van der Waals surface area contributed by atoms with Gasteiger partial charge in [0.1, 0.15) is 11.6 Å². The lowest BCUT2D eigenvalue weighted by Crippen LogP contribution is -2.22. The van der Waals surface area contributed by atoms with E-state index in [0.29, 0.717) is 5.82 Å². The van der Waals surface area contributed by atoms with E-state index in [1.165, 1.54) is 0 Å². The zero-order valence-electron chi connectivity index (χ0n) is 10.5. The fourth-order valence-corrected chi connectivity index (χ4v) is 1.19. The normalized spacial score (nSPS) is 12.9. The zero-order chi connectivity index (χ0) is 11.9. The van der Waals surface area contributed by atoms with Crippen LogP contribution in [0.4, 0.5) is 5.82 Å². The van der Waals surface area contributed by atoms with Crippen LogP contribution >= 0.6 is 0 Å². The molecule has 0 saturated carbocycles. The van der Waals surface area contributed by atoms with Crippen LogP contribution in [0.25, 0.3) is 0 Å². The smallest absolute Gasteiger partial charge is 0.136 e. The predicted octanol–water partition coefficient (Wildman–Crippen LogP) is 2.65.